The van der Waals surface area contributed by atoms with Crippen LogP contribution in [-0.4, -0.2) is 42.0 Å². The van der Waals surface area contributed by atoms with E-state index in [1.165, 1.54) is 11.3 Å². The molecular formula is C20H21N3O2. The molecule has 0 aliphatic carbocycles. The molecule has 0 saturated carbocycles. The number of carbonyl (C=O) groups excluding carboxylic acids is 1. The molecule has 1 aromatic heterocycles. The lowest BCUT2D eigenvalue weighted by Gasteiger charge is -2.36. The maximum atomic E-state index is 12.8. The predicted molar refractivity (Wildman–Crippen MR) is 98.0 cm³/mol. The molecule has 2 heterocycles. The van der Waals surface area contributed by atoms with E-state index in [-0.39, 0.29) is 5.91 Å². The number of carbonyl (C=O) groups is 1. The number of oxazole rings is 1. The monoisotopic (exact) mass is 335 g/mol. The van der Waals surface area contributed by atoms with E-state index < -0.39 is 0 Å². The number of nitrogens with zero attached hydrogens (tertiary/aromatic N) is 3. The van der Waals surface area contributed by atoms with Crippen molar-refractivity contribution < 1.29 is 9.21 Å². The molecule has 2 aromatic carbocycles. The normalized spacial score (nSPS) is 15.0. The highest BCUT2D eigenvalue weighted by molar-refractivity contribution is 5.97. The van der Waals surface area contributed by atoms with Gasteiger partial charge in [-0.05, 0) is 42.8 Å². The van der Waals surface area contributed by atoms with E-state index in [4.69, 9.17) is 4.42 Å². The Morgan fingerprint density at radius 3 is 2.60 bits per heavy atom. The van der Waals surface area contributed by atoms with Gasteiger partial charge in [0, 0.05) is 44.4 Å². The van der Waals surface area contributed by atoms with E-state index in [1.807, 2.05) is 24.0 Å². The fourth-order valence-corrected chi connectivity index (χ4v) is 3.35. The number of aromatic nitrogens is 1. The quantitative estimate of drug-likeness (QED) is 0.720. The number of anilines is 1. The topological polar surface area (TPSA) is 49.6 Å². The zero-order chi connectivity index (χ0) is 17.4. The van der Waals surface area contributed by atoms with Crippen molar-refractivity contribution in [2.45, 2.75) is 13.8 Å². The van der Waals surface area contributed by atoms with Crippen LogP contribution in [0.4, 0.5) is 5.69 Å². The van der Waals surface area contributed by atoms with Crippen LogP contribution in [0.25, 0.3) is 11.1 Å². The highest BCUT2D eigenvalue weighted by Gasteiger charge is 2.23. The van der Waals surface area contributed by atoms with Crippen molar-refractivity contribution in [3.63, 3.8) is 0 Å². The second kappa shape index (κ2) is 6.24. The van der Waals surface area contributed by atoms with E-state index in [0.717, 1.165) is 31.7 Å². The first-order valence-corrected chi connectivity index (χ1v) is 8.58. The molecule has 1 amide bonds. The van der Waals surface area contributed by atoms with Crippen molar-refractivity contribution in [3.8, 4) is 0 Å². The minimum Gasteiger partial charge on any atom is -0.441 e. The molecule has 1 saturated heterocycles. The average molecular weight is 335 g/mol. The molecule has 0 bridgehead atoms. The Kier molecular flexibility index (Phi) is 3.92. The van der Waals surface area contributed by atoms with Crippen molar-refractivity contribution in [3.05, 3.63) is 59.5 Å². The van der Waals surface area contributed by atoms with Crippen molar-refractivity contribution >= 4 is 22.7 Å². The Hall–Kier alpha value is -2.82. The van der Waals surface area contributed by atoms with Crippen molar-refractivity contribution in [1.29, 1.82) is 0 Å². The summed E-state index contributed by atoms with van der Waals surface area (Å²) in [5.41, 5.74) is 4.60. The minimum absolute atomic E-state index is 0.0554. The molecule has 1 fully saturated rings. The lowest BCUT2D eigenvalue weighted by Crippen LogP contribution is -2.48. The third kappa shape index (κ3) is 3.09. The molecule has 1 aliphatic heterocycles. The molecule has 25 heavy (non-hydrogen) atoms. The van der Waals surface area contributed by atoms with E-state index in [9.17, 15) is 4.79 Å². The summed E-state index contributed by atoms with van der Waals surface area (Å²) in [5.74, 6) is 0.672. The molecule has 1 aliphatic rings. The molecule has 128 valence electrons. The highest BCUT2D eigenvalue weighted by Crippen LogP contribution is 2.21. The number of amides is 1. The van der Waals surface area contributed by atoms with E-state index >= 15 is 0 Å². The third-order valence-electron chi connectivity index (χ3n) is 4.68. The SMILES string of the molecule is Cc1cccc(N2CCN(C(=O)c3ccc4nc(C)oc4c3)CC2)c1. The molecule has 0 atom stereocenters. The third-order valence-corrected chi connectivity index (χ3v) is 4.68. The van der Waals surface area contributed by atoms with Gasteiger partial charge in [0.1, 0.15) is 5.52 Å². The Labute approximate surface area is 146 Å². The van der Waals surface area contributed by atoms with Crippen molar-refractivity contribution in [2.24, 2.45) is 0 Å². The Bertz CT molecular complexity index is 924. The zero-order valence-corrected chi connectivity index (χ0v) is 14.5. The van der Waals surface area contributed by atoms with Crippen molar-refractivity contribution in [1.82, 2.24) is 9.88 Å². The van der Waals surface area contributed by atoms with Crippen LogP contribution in [0.1, 0.15) is 21.8 Å². The van der Waals surface area contributed by atoms with Crippen molar-refractivity contribution in [2.75, 3.05) is 31.1 Å². The number of rotatable bonds is 2. The fourth-order valence-electron chi connectivity index (χ4n) is 3.35. The number of hydrogen-bond donors (Lipinski definition) is 0. The summed E-state index contributed by atoms with van der Waals surface area (Å²) in [5, 5.41) is 0. The number of aryl methyl sites for hydroxylation is 2. The van der Waals surface area contributed by atoms with E-state index in [2.05, 4.69) is 41.1 Å². The summed E-state index contributed by atoms with van der Waals surface area (Å²) in [4.78, 5) is 21.3. The van der Waals surface area contributed by atoms with Gasteiger partial charge in [0.2, 0.25) is 0 Å². The molecule has 0 unspecified atom stereocenters. The van der Waals surface area contributed by atoms with Gasteiger partial charge < -0.3 is 14.2 Å². The van der Waals surface area contributed by atoms with Gasteiger partial charge in [-0.1, -0.05) is 12.1 Å². The molecule has 0 spiro atoms. The lowest BCUT2D eigenvalue weighted by molar-refractivity contribution is 0.0747. The maximum absolute atomic E-state index is 12.8. The van der Waals surface area contributed by atoms with Gasteiger partial charge in [-0.3, -0.25) is 4.79 Å². The van der Waals surface area contributed by atoms with Crippen LogP contribution < -0.4 is 4.90 Å². The first-order chi connectivity index (χ1) is 12.1. The van der Waals surface area contributed by atoms with Gasteiger partial charge >= 0.3 is 0 Å². The maximum Gasteiger partial charge on any atom is 0.254 e. The zero-order valence-electron chi connectivity index (χ0n) is 14.5. The first kappa shape index (κ1) is 15.7. The fraction of sp³-hybridized carbons (Fsp3) is 0.300. The van der Waals surface area contributed by atoms with Gasteiger partial charge in [-0.25, -0.2) is 4.98 Å². The van der Waals surface area contributed by atoms with Crippen LogP contribution in [0.3, 0.4) is 0 Å². The number of hydrogen-bond acceptors (Lipinski definition) is 4. The van der Waals surface area contributed by atoms with Gasteiger partial charge in [0.25, 0.3) is 5.91 Å². The van der Waals surface area contributed by atoms with Crippen LogP contribution in [-0.2, 0) is 0 Å². The summed E-state index contributed by atoms with van der Waals surface area (Å²) in [6.45, 7) is 7.05. The summed E-state index contributed by atoms with van der Waals surface area (Å²) < 4.78 is 5.54. The summed E-state index contributed by atoms with van der Waals surface area (Å²) in [7, 11) is 0. The average Bonchev–Trinajstić information content (AvgIpc) is 3.00. The molecule has 5 heteroatoms. The van der Waals surface area contributed by atoms with E-state index in [1.54, 1.807) is 6.07 Å². The van der Waals surface area contributed by atoms with Crippen LogP contribution in [0, 0.1) is 13.8 Å². The minimum atomic E-state index is 0.0554. The lowest BCUT2D eigenvalue weighted by atomic mass is 10.1. The van der Waals surface area contributed by atoms with Crippen LogP contribution in [0.5, 0.6) is 0 Å². The number of benzene rings is 2. The first-order valence-electron chi connectivity index (χ1n) is 8.58. The van der Waals surface area contributed by atoms with Gasteiger partial charge in [-0.2, -0.15) is 0 Å². The van der Waals surface area contributed by atoms with Gasteiger partial charge in [0.05, 0.1) is 0 Å². The van der Waals surface area contributed by atoms with Gasteiger partial charge in [0.15, 0.2) is 11.5 Å². The standard InChI is InChI=1S/C20H21N3O2/c1-14-4-3-5-17(12-14)22-8-10-23(11-9-22)20(24)16-6-7-18-19(13-16)25-15(2)21-18/h3-7,12-13H,8-11H2,1-2H3. The summed E-state index contributed by atoms with van der Waals surface area (Å²) in [6.07, 6.45) is 0. The second-order valence-corrected chi connectivity index (χ2v) is 6.53. The summed E-state index contributed by atoms with van der Waals surface area (Å²) in [6, 6.07) is 14.0. The molecule has 4 rings (SSSR count). The Balaban J connectivity index is 1.46. The molecule has 0 radical (unpaired) electrons. The molecule has 0 N–H and O–H groups in total. The number of fused-ring (bicyclic) bond motifs is 1. The largest absolute Gasteiger partial charge is 0.441 e. The predicted octanol–water partition coefficient (Wildman–Crippen LogP) is 3.41. The highest BCUT2D eigenvalue weighted by atomic mass is 16.3. The number of piperazine rings is 1. The van der Waals surface area contributed by atoms with Crippen LogP contribution >= 0.6 is 0 Å². The smallest absolute Gasteiger partial charge is 0.254 e. The van der Waals surface area contributed by atoms with E-state index in [0.29, 0.717) is 17.0 Å². The van der Waals surface area contributed by atoms with Gasteiger partial charge in [-0.15, -0.1) is 0 Å². The Morgan fingerprint density at radius 1 is 1.04 bits per heavy atom. The molecule has 3 aromatic rings. The second-order valence-electron chi connectivity index (χ2n) is 6.53. The van der Waals surface area contributed by atoms with Crippen LogP contribution in [0.15, 0.2) is 46.9 Å². The molecular weight excluding hydrogens is 314 g/mol. The molecule has 5 nitrogen and oxygen atoms in total. The Morgan fingerprint density at radius 2 is 1.84 bits per heavy atom. The van der Waals surface area contributed by atoms with Crippen LogP contribution in [0.2, 0.25) is 0 Å². The summed E-state index contributed by atoms with van der Waals surface area (Å²) >= 11 is 0.